The number of aryl methyl sites for hydroxylation is 4. The van der Waals surface area contributed by atoms with Gasteiger partial charge in [-0.05, 0) is 73.9 Å². The fraction of sp³-hybridized carbons (Fsp3) is 0.500. The molecule has 0 saturated heterocycles. The molecule has 0 amide bonds. The minimum atomic E-state index is 1.07. The van der Waals surface area contributed by atoms with Crippen LogP contribution in [-0.4, -0.2) is 0 Å². The van der Waals surface area contributed by atoms with E-state index >= 15 is 0 Å². The van der Waals surface area contributed by atoms with Crippen molar-refractivity contribution in [3.63, 3.8) is 0 Å². The van der Waals surface area contributed by atoms with Gasteiger partial charge >= 0.3 is 0 Å². The predicted octanol–water partition coefficient (Wildman–Crippen LogP) is 7.67. The molecule has 0 atom stereocenters. The summed E-state index contributed by atoms with van der Waals surface area (Å²) >= 11 is 0. The van der Waals surface area contributed by atoms with Gasteiger partial charge in [0, 0.05) is 10.8 Å². The molecule has 0 fully saturated rings. The van der Waals surface area contributed by atoms with Gasteiger partial charge in [0.25, 0.3) is 0 Å². The normalized spacial score (nSPS) is 11.7. The highest BCUT2D eigenvalue weighted by Gasteiger charge is 2.14. The summed E-state index contributed by atoms with van der Waals surface area (Å²) < 4.78 is 6.38. The molecule has 0 aliphatic heterocycles. The summed E-state index contributed by atoms with van der Waals surface area (Å²) in [6, 6.07) is 9.32. The van der Waals surface area contributed by atoms with E-state index in [-0.39, 0.29) is 0 Å². The third-order valence-electron chi connectivity index (χ3n) is 5.26. The summed E-state index contributed by atoms with van der Waals surface area (Å²) in [7, 11) is 0. The predicted molar refractivity (Wildman–Crippen MR) is 110 cm³/mol. The maximum Gasteiger partial charge on any atom is 0.138 e. The third-order valence-corrected chi connectivity index (χ3v) is 5.26. The first-order valence-electron chi connectivity index (χ1n) is 10.1. The summed E-state index contributed by atoms with van der Waals surface area (Å²) in [5.41, 5.74) is 7.65. The van der Waals surface area contributed by atoms with Gasteiger partial charge in [-0.25, -0.2) is 0 Å². The summed E-state index contributed by atoms with van der Waals surface area (Å²) in [4.78, 5) is 0. The SMILES string of the molecule is CCCCCc1cc(CCCCC)c2oc3c(C)cc(C)cc3c2c1. The van der Waals surface area contributed by atoms with E-state index in [1.807, 2.05) is 0 Å². The molecular formula is C24H32O. The summed E-state index contributed by atoms with van der Waals surface area (Å²) in [5, 5.41) is 2.61. The number of benzene rings is 2. The molecule has 0 unspecified atom stereocenters. The fourth-order valence-corrected chi connectivity index (χ4v) is 3.94. The van der Waals surface area contributed by atoms with Crippen molar-refractivity contribution in [1.82, 2.24) is 0 Å². The van der Waals surface area contributed by atoms with Crippen LogP contribution in [0.15, 0.2) is 28.7 Å². The van der Waals surface area contributed by atoms with Gasteiger partial charge < -0.3 is 4.42 Å². The maximum atomic E-state index is 6.38. The quantitative estimate of drug-likeness (QED) is 0.385. The van der Waals surface area contributed by atoms with Gasteiger partial charge in [-0.2, -0.15) is 0 Å². The van der Waals surface area contributed by atoms with Crippen molar-refractivity contribution >= 4 is 21.9 Å². The molecule has 0 spiro atoms. The zero-order valence-corrected chi connectivity index (χ0v) is 16.4. The van der Waals surface area contributed by atoms with Gasteiger partial charge in [-0.3, -0.25) is 0 Å². The second kappa shape index (κ2) is 8.08. The largest absolute Gasteiger partial charge is 0.455 e. The fourth-order valence-electron chi connectivity index (χ4n) is 3.94. The van der Waals surface area contributed by atoms with Crippen molar-refractivity contribution in [1.29, 1.82) is 0 Å². The Morgan fingerprint density at radius 1 is 0.720 bits per heavy atom. The second-order valence-electron chi connectivity index (χ2n) is 7.61. The Bertz CT molecular complexity index is 854. The molecule has 3 aromatic rings. The highest BCUT2D eigenvalue weighted by molar-refractivity contribution is 6.07. The van der Waals surface area contributed by atoms with Gasteiger partial charge in [0.15, 0.2) is 0 Å². The molecule has 1 nitrogen and oxygen atoms in total. The average molecular weight is 337 g/mol. The molecule has 25 heavy (non-hydrogen) atoms. The summed E-state index contributed by atoms with van der Waals surface area (Å²) in [5.74, 6) is 0. The van der Waals surface area contributed by atoms with E-state index in [9.17, 15) is 0 Å². The topological polar surface area (TPSA) is 13.1 Å². The smallest absolute Gasteiger partial charge is 0.138 e. The number of hydrogen-bond donors (Lipinski definition) is 0. The molecule has 1 aromatic heterocycles. The molecule has 2 aromatic carbocycles. The molecule has 3 rings (SSSR count). The van der Waals surface area contributed by atoms with Crippen LogP contribution in [0.2, 0.25) is 0 Å². The van der Waals surface area contributed by atoms with Crippen molar-refractivity contribution in [3.8, 4) is 0 Å². The van der Waals surface area contributed by atoms with Gasteiger partial charge in [-0.1, -0.05) is 51.7 Å². The lowest BCUT2D eigenvalue weighted by molar-refractivity contribution is 0.650. The summed E-state index contributed by atoms with van der Waals surface area (Å²) in [6.45, 7) is 8.88. The summed E-state index contributed by atoms with van der Waals surface area (Å²) in [6.07, 6.45) is 9.99. The molecular weight excluding hydrogens is 304 g/mol. The van der Waals surface area contributed by atoms with E-state index in [1.54, 1.807) is 0 Å². The zero-order chi connectivity index (χ0) is 17.8. The first-order chi connectivity index (χ1) is 12.1. The first kappa shape index (κ1) is 18.0. The lowest BCUT2D eigenvalue weighted by Gasteiger charge is -2.07. The van der Waals surface area contributed by atoms with Crippen molar-refractivity contribution in [3.05, 3.63) is 46.5 Å². The van der Waals surface area contributed by atoms with Crippen molar-refractivity contribution in [2.75, 3.05) is 0 Å². The van der Waals surface area contributed by atoms with E-state index in [0.29, 0.717) is 0 Å². The standard InChI is InChI=1S/C24H32O/c1-5-7-9-11-19-15-20(12-10-8-6-2)24-22(16-19)21-14-17(3)13-18(4)23(21)25-24/h13-16H,5-12H2,1-4H3. The highest BCUT2D eigenvalue weighted by Crippen LogP contribution is 2.35. The Hall–Kier alpha value is -1.76. The van der Waals surface area contributed by atoms with Crippen LogP contribution in [0.3, 0.4) is 0 Å². The number of furan rings is 1. The highest BCUT2D eigenvalue weighted by atomic mass is 16.3. The average Bonchev–Trinajstić information content (AvgIpc) is 2.95. The minimum Gasteiger partial charge on any atom is -0.455 e. The van der Waals surface area contributed by atoms with Gasteiger partial charge in [0.1, 0.15) is 11.2 Å². The van der Waals surface area contributed by atoms with Crippen LogP contribution in [-0.2, 0) is 12.8 Å². The van der Waals surface area contributed by atoms with Crippen molar-refractivity contribution in [2.24, 2.45) is 0 Å². The molecule has 0 bridgehead atoms. The Balaban J connectivity index is 2.10. The Morgan fingerprint density at radius 3 is 2.12 bits per heavy atom. The van der Waals surface area contributed by atoms with Gasteiger partial charge in [-0.15, -0.1) is 0 Å². The van der Waals surface area contributed by atoms with Crippen LogP contribution in [0.25, 0.3) is 21.9 Å². The molecule has 0 N–H and O–H groups in total. The van der Waals surface area contributed by atoms with Crippen LogP contribution >= 0.6 is 0 Å². The monoisotopic (exact) mass is 336 g/mol. The van der Waals surface area contributed by atoms with Crippen molar-refractivity contribution < 1.29 is 4.42 Å². The zero-order valence-electron chi connectivity index (χ0n) is 16.4. The maximum absolute atomic E-state index is 6.38. The molecule has 134 valence electrons. The van der Waals surface area contributed by atoms with Crippen LogP contribution in [0.1, 0.15) is 74.6 Å². The first-order valence-corrected chi connectivity index (χ1v) is 10.1. The Morgan fingerprint density at radius 2 is 1.40 bits per heavy atom. The number of fused-ring (bicyclic) bond motifs is 3. The van der Waals surface area contributed by atoms with E-state index < -0.39 is 0 Å². The lowest BCUT2D eigenvalue weighted by Crippen LogP contribution is -1.92. The third kappa shape index (κ3) is 3.92. The number of unbranched alkanes of at least 4 members (excludes halogenated alkanes) is 4. The second-order valence-corrected chi connectivity index (χ2v) is 7.61. The Labute approximate surface area is 152 Å². The van der Waals surface area contributed by atoms with E-state index in [2.05, 4.69) is 52.0 Å². The van der Waals surface area contributed by atoms with Crippen LogP contribution in [0.4, 0.5) is 0 Å². The van der Waals surface area contributed by atoms with E-state index in [1.165, 1.54) is 78.0 Å². The van der Waals surface area contributed by atoms with Crippen molar-refractivity contribution in [2.45, 2.75) is 79.1 Å². The molecule has 0 aliphatic rings. The van der Waals surface area contributed by atoms with Crippen LogP contribution in [0, 0.1) is 13.8 Å². The van der Waals surface area contributed by atoms with Gasteiger partial charge in [0.2, 0.25) is 0 Å². The van der Waals surface area contributed by atoms with E-state index in [0.717, 1.165) is 17.6 Å². The minimum absolute atomic E-state index is 1.07. The Kier molecular flexibility index (Phi) is 5.83. The lowest BCUT2D eigenvalue weighted by atomic mass is 9.97. The van der Waals surface area contributed by atoms with E-state index in [4.69, 9.17) is 4.42 Å². The molecule has 0 aliphatic carbocycles. The molecule has 0 saturated carbocycles. The van der Waals surface area contributed by atoms with Crippen LogP contribution < -0.4 is 0 Å². The van der Waals surface area contributed by atoms with Crippen LogP contribution in [0.5, 0.6) is 0 Å². The number of rotatable bonds is 8. The number of hydrogen-bond acceptors (Lipinski definition) is 1. The molecule has 1 heteroatoms. The molecule has 1 heterocycles. The van der Waals surface area contributed by atoms with Gasteiger partial charge in [0.05, 0.1) is 0 Å². The molecule has 0 radical (unpaired) electrons.